The average Bonchev–Trinajstić information content (AvgIpc) is 2.67. The minimum atomic E-state index is -3.24. The molecule has 0 N–H and O–H groups in total. The molecule has 0 saturated heterocycles. The van der Waals surface area contributed by atoms with Gasteiger partial charge in [-0.3, -0.25) is 0 Å². The van der Waals surface area contributed by atoms with Crippen molar-refractivity contribution in [3.63, 3.8) is 0 Å². The molecule has 0 aliphatic heterocycles. The molecule has 12 heteroatoms. The first kappa shape index (κ1) is 22.2. The van der Waals surface area contributed by atoms with Crippen molar-refractivity contribution in [2.45, 2.75) is 13.0 Å². The van der Waals surface area contributed by atoms with Gasteiger partial charge in [0.15, 0.2) is 52.6 Å². The van der Waals surface area contributed by atoms with E-state index >= 15 is 0 Å². The van der Waals surface area contributed by atoms with Crippen LogP contribution in [0, 0.1) is 58.2 Å². The Morgan fingerprint density at radius 1 is 0.621 bits per heavy atom. The number of carbonyl (C=O) groups is 1. The van der Waals surface area contributed by atoms with Crippen LogP contribution in [-0.4, -0.2) is 5.97 Å². The van der Waals surface area contributed by atoms with E-state index in [1.807, 2.05) is 0 Å². The molecule has 0 aliphatic carbocycles. The topological polar surface area (TPSA) is 26.3 Å². The lowest BCUT2D eigenvalue weighted by molar-refractivity contribution is -0.143. The summed E-state index contributed by atoms with van der Waals surface area (Å²) < 4.78 is 141. The van der Waals surface area contributed by atoms with Crippen molar-refractivity contribution in [3.8, 4) is 0 Å². The lowest BCUT2D eigenvalue weighted by Crippen LogP contribution is -2.22. The van der Waals surface area contributed by atoms with Crippen LogP contribution in [0.1, 0.15) is 24.2 Å². The molecule has 0 spiro atoms. The van der Waals surface area contributed by atoms with Crippen molar-refractivity contribution in [3.05, 3.63) is 81.5 Å². The minimum Gasteiger partial charge on any atom is -0.449 e. The quantitative estimate of drug-likeness (QED) is 0.216. The van der Waals surface area contributed by atoms with Gasteiger partial charge in [0, 0.05) is 5.57 Å². The first-order valence-electron chi connectivity index (χ1n) is 7.21. The summed E-state index contributed by atoms with van der Waals surface area (Å²) in [6.45, 7) is 3.93. The maximum Gasteiger partial charge on any atom is 0.334 e. The molecule has 2 aromatic carbocycles. The van der Waals surface area contributed by atoms with Gasteiger partial charge in [0.1, 0.15) is 0 Å². The SMILES string of the molecule is C=C(C)C(=O)OC(c1c(F)c(F)c(F)c(F)c1F)c1c(F)c(F)c(F)c(F)c1F. The molecular weight excluding hydrogens is 426 g/mol. The van der Waals surface area contributed by atoms with Gasteiger partial charge in [0.05, 0.1) is 11.1 Å². The van der Waals surface area contributed by atoms with Crippen LogP contribution in [0.2, 0.25) is 0 Å². The third kappa shape index (κ3) is 3.54. The summed E-state index contributed by atoms with van der Waals surface area (Å²) in [4.78, 5) is 11.7. The normalized spacial score (nSPS) is 11.2. The number of halogens is 10. The fourth-order valence-electron chi connectivity index (χ4n) is 2.17. The highest BCUT2D eigenvalue weighted by molar-refractivity contribution is 5.87. The summed E-state index contributed by atoms with van der Waals surface area (Å²) in [5.74, 6) is -28.4. The van der Waals surface area contributed by atoms with Crippen LogP contribution >= 0.6 is 0 Å². The van der Waals surface area contributed by atoms with E-state index in [1.54, 1.807) is 0 Å². The van der Waals surface area contributed by atoms with E-state index in [0.717, 1.165) is 6.92 Å². The number of rotatable bonds is 4. The molecular formula is C17H6F10O2. The second kappa shape index (κ2) is 7.76. The molecule has 2 aromatic rings. The molecule has 156 valence electrons. The molecule has 2 rings (SSSR count). The summed E-state index contributed by atoms with van der Waals surface area (Å²) in [5.41, 5.74) is -4.90. The maximum absolute atomic E-state index is 14.1. The largest absolute Gasteiger partial charge is 0.449 e. The summed E-state index contributed by atoms with van der Waals surface area (Å²) in [7, 11) is 0. The summed E-state index contributed by atoms with van der Waals surface area (Å²) in [5, 5.41) is 0. The van der Waals surface area contributed by atoms with Crippen LogP contribution in [0.4, 0.5) is 43.9 Å². The summed E-state index contributed by atoms with van der Waals surface area (Å²) in [6, 6.07) is 0. The zero-order chi connectivity index (χ0) is 22.4. The Kier molecular flexibility index (Phi) is 5.95. The van der Waals surface area contributed by atoms with E-state index < -0.39 is 86.9 Å². The lowest BCUT2D eigenvalue weighted by atomic mass is 9.97. The van der Waals surface area contributed by atoms with Crippen LogP contribution in [0.3, 0.4) is 0 Å². The molecule has 0 unspecified atom stereocenters. The van der Waals surface area contributed by atoms with Crippen LogP contribution < -0.4 is 0 Å². The molecule has 0 heterocycles. The Bertz CT molecular complexity index is 920. The Morgan fingerprint density at radius 3 is 1.10 bits per heavy atom. The standard InChI is InChI=1S/C17H6F10O2/c1-3(2)17(28)29-16(4-6(18)10(22)14(26)11(23)7(4)19)5-8(20)12(24)15(27)13(25)9(5)21/h16H,1H2,2H3. The molecule has 0 saturated carbocycles. The Morgan fingerprint density at radius 2 is 0.862 bits per heavy atom. The molecule has 0 radical (unpaired) electrons. The number of hydrogen-bond acceptors (Lipinski definition) is 2. The number of benzene rings is 2. The molecule has 0 bridgehead atoms. The predicted molar refractivity (Wildman–Crippen MR) is 75.2 cm³/mol. The van der Waals surface area contributed by atoms with Gasteiger partial charge >= 0.3 is 5.97 Å². The van der Waals surface area contributed by atoms with Crippen LogP contribution in [0.25, 0.3) is 0 Å². The van der Waals surface area contributed by atoms with Gasteiger partial charge in [0.2, 0.25) is 11.6 Å². The molecule has 0 aromatic heterocycles. The number of ether oxygens (including phenoxy) is 1. The lowest BCUT2D eigenvalue weighted by Gasteiger charge is -2.22. The fourth-order valence-corrected chi connectivity index (χ4v) is 2.17. The number of esters is 1. The van der Waals surface area contributed by atoms with Crippen LogP contribution in [0.5, 0.6) is 0 Å². The van der Waals surface area contributed by atoms with Gasteiger partial charge in [-0.1, -0.05) is 6.58 Å². The molecule has 0 aliphatic rings. The number of carbonyl (C=O) groups excluding carboxylic acids is 1. The van der Waals surface area contributed by atoms with Gasteiger partial charge in [-0.05, 0) is 6.92 Å². The first-order valence-corrected chi connectivity index (χ1v) is 7.21. The van der Waals surface area contributed by atoms with E-state index in [-0.39, 0.29) is 0 Å². The Labute approximate surface area is 155 Å². The zero-order valence-corrected chi connectivity index (χ0v) is 13.9. The van der Waals surface area contributed by atoms with Crippen molar-refractivity contribution in [1.82, 2.24) is 0 Å². The van der Waals surface area contributed by atoms with Crippen LogP contribution in [-0.2, 0) is 9.53 Å². The van der Waals surface area contributed by atoms with Crippen molar-refractivity contribution >= 4 is 5.97 Å². The zero-order valence-electron chi connectivity index (χ0n) is 13.9. The van der Waals surface area contributed by atoms with E-state index in [9.17, 15) is 48.7 Å². The molecule has 29 heavy (non-hydrogen) atoms. The minimum absolute atomic E-state index is 0.595. The second-order valence-corrected chi connectivity index (χ2v) is 5.53. The van der Waals surface area contributed by atoms with E-state index in [0.29, 0.717) is 0 Å². The predicted octanol–water partition coefficient (Wildman–Crippen LogP) is 5.29. The van der Waals surface area contributed by atoms with E-state index in [4.69, 9.17) is 0 Å². The van der Waals surface area contributed by atoms with Gasteiger partial charge in [-0.25, -0.2) is 48.7 Å². The van der Waals surface area contributed by atoms with Crippen molar-refractivity contribution < 1.29 is 53.4 Å². The Balaban J connectivity index is 2.97. The highest BCUT2D eigenvalue weighted by atomic mass is 19.2. The molecule has 0 amide bonds. The van der Waals surface area contributed by atoms with Crippen LogP contribution in [0.15, 0.2) is 12.2 Å². The summed E-state index contributed by atoms with van der Waals surface area (Å²) in [6.07, 6.45) is -3.24. The number of hydrogen-bond donors (Lipinski definition) is 0. The molecule has 0 atom stereocenters. The van der Waals surface area contributed by atoms with Gasteiger partial charge < -0.3 is 4.74 Å². The highest BCUT2D eigenvalue weighted by Gasteiger charge is 2.39. The van der Waals surface area contributed by atoms with Gasteiger partial charge in [-0.2, -0.15) is 0 Å². The second-order valence-electron chi connectivity index (χ2n) is 5.53. The molecule has 2 nitrogen and oxygen atoms in total. The third-order valence-electron chi connectivity index (χ3n) is 3.59. The van der Waals surface area contributed by atoms with Gasteiger partial charge in [-0.15, -0.1) is 0 Å². The third-order valence-corrected chi connectivity index (χ3v) is 3.59. The maximum atomic E-state index is 14.1. The van der Waals surface area contributed by atoms with Crippen molar-refractivity contribution in [1.29, 1.82) is 0 Å². The van der Waals surface area contributed by atoms with Crippen molar-refractivity contribution in [2.75, 3.05) is 0 Å². The van der Waals surface area contributed by atoms with E-state index in [2.05, 4.69) is 11.3 Å². The summed E-state index contributed by atoms with van der Waals surface area (Å²) >= 11 is 0. The Hall–Kier alpha value is -3.05. The highest BCUT2D eigenvalue weighted by Crippen LogP contribution is 2.38. The smallest absolute Gasteiger partial charge is 0.334 e. The average molecular weight is 432 g/mol. The van der Waals surface area contributed by atoms with Crippen molar-refractivity contribution in [2.24, 2.45) is 0 Å². The molecule has 0 fully saturated rings. The first-order chi connectivity index (χ1) is 13.3. The fraction of sp³-hybridized carbons (Fsp3) is 0.118. The van der Waals surface area contributed by atoms with Gasteiger partial charge in [0.25, 0.3) is 0 Å². The van der Waals surface area contributed by atoms with E-state index in [1.165, 1.54) is 0 Å². The monoisotopic (exact) mass is 432 g/mol.